The van der Waals surface area contributed by atoms with Crippen molar-refractivity contribution in [2.45, 2.75) is 6.54 Å². The van der Waals surface area contributed by atoms with Crippen LogP contribution in [0.5, 0.6) is 0 Å². The first kappa shape index (κ1) is 7.94. The van der Waals surface area contributed by atoms with Crippen LogP contribution in [0.2, 0.25) is 0 Å². The van der Waals surface area contributed by atoms with Gasteiger partial charge < -0.3 is 5.73 Å². The Labute approximate surface area is 75.8 Å². The first-order valence-corrected chi connectivity index (χ1v) is 4.07. The van der Waals surface area contributed by atoms with Crippen LogP contribution in [0.15, 0.2) is 30.3 Å². The van der Waals surface area contributed by atoms with E-state index in [9.17, 15) is 0 Å². The molecule has 1 heterocycles. The van der Waals surface area contributed by atoms with Crippen molar-refractivity contribution < 1.29 is 0 Å². The lowest BCUT2D eigenvalue weighted by Crippen LogP contribution is -1.98. The molecule has 0 aliphatic rings. The van der Waals surface area contributed by atoms with Crippen molar-refractivity contribution in [1.82, 2.24) is 15.4 Å². The van der Waals surface area contributed by atoms with Crippen LogP contribution in [0, 0.1) is 0 Å². The Morgan fingerprint density at radius 1 is 1.23 bits per heavy atom. The van der Waals surface area contributed by atoms with Crippen LogP contribution in [-0.4, -0.2) is 15.4 Å². The standard InChI is InChI=1S/C9H10N4/c10-6-8-9(12-13-11-8)7-4-2-1-3-5-7/h1-5H,6,10H2,(H,11,12,13). The van der Waals surface area contributed by atoms with Crippen molar-refractivity contribution in [3.05, 3.63) is 36.0 Å². The van der Waals surface area contributed by atoms with Gasteiger partial charge in [-0.15, -0.1) is 5.10 Å². The van der Waals surface area contributed by atoms with Gasteiger partial charge in [-0.05, 0) is 0 Å². The minimum absolute atomic E-state index is 0.403. The maximum Gasteiger partial charge on any atom is 0.104 e. The molecular weight excluding hydrogens is 164 g/mol. The van der Waals surface area contributed by atoms with Gasteiger partial charge in [0.15, 0.2) is 0 Å². The van der Waals surface area contributed by atoms with Gasteiger partial charge in [0, 0.05) is 12.1 Å². The van der Waals surface area contributed by atoms with Crippen LogP contribution >= 0.6 is 0 Å². The number of aromatic amines is 1. The molecule has 0 unspecified atom stereocenters. The van der Waals surface area contributed by atoms with Crippen molar-refractivity contribution >= 4 is 0 Å². The van der Waals surface area contributed by atoms with Gasteiger partial charge in [-0.3, -0.25) is 5.10 Å². The zero-order valence-corrected chi connectivity index (χ0v) is 7.07. The Kier molecular flexibility index (Phi) is 2.06. The van der Waals surface area contributed by atoms with Gasteiger partial charge in [0.25, 0.3) is 0 Å². The maximum absolute atomic E-state index is 5.51. The molecule has 4 heteroatoms. The van der Waals surface area contributed by atoms with Crippen molar-refractivity contribution in [1.29, 1.82) is 0 Å². The molecule has 66 valence electrons. The maximum atomic E-state index is 5.51. The van der Waals surface area contributed by atoms with E-state index < -0.39 is 0 Å². The third kappa shape index (κ3) is 1.43. The third-order valence-corrected chi connectivity index (χ3v) is 1.88. The van der Waals surface area contributed by atoms with E-state index >= 15 is 0 Å². The normalized spacial score (nSPS) is 10.2. The molecule has 0 fully saturated rings. The lowest BCUT2D eigenvalue weighted by molar-refractivity contribution is 0.898. The number of nitrogens with two attached hydrogens (primary N) is 1. The Morgan fingerprint density at radius 3 is 2.69 bits per heavy atom. The number of rotatable bonds is 2. The minimum Gasteiger partial charge on any atom is -0.325 e. The van der Waals surface area contributed by atoms with Gasteiger partial charge >= 0.3 is 0 Å². The number of aromatic nitrogens is 3. The summed E-state index contributed by atoms with van der Waals surface area (Å²) in [6, 6.07) is 9.89. The Balaban J connectivity index is 2.47. The van der Waals surface area contributed by atoms with Crippen LogP contribution in [0.4, 0.5) is 0 Å². The number of nitrogens with zero attached hydrogens (tertiary/aromatic N) is 2. The third-order valence-electron chi connectivity index (χ3n) is 1.88. The van der Waals surface area contributed by atoms with E-state index in [-0.39, 0.29) is 0 Å². The fraction of sp³-hybridized carbons (Fsp3) is 0.111. The quantitative estimate of drug-likeness (QED) is 0.711. The summed E-state index contributed by atoms with van der Waals surface area (Å²) < 4.78 is 0. The molecule has 0 spiro atoms. The van der Waals surface area contributed by atoms with E-state index in [1.807, 2.05) is 30.3 Å². The minimum atomic E-state index is 0.403. The molecule has 0 aliphatic heterocycles. The summed E-state index contributed by atoms with van der Waals surface area (Å²) >= 11 is 0. The van der Waals surface area contributed by atoms with E-state index in [1.165, 1.54) is 0 Å². The van der Waals surface area contributed by atoms with Gasteiger partial charge in [-0.25, -0.2) is 0 Å². The van der Waals surface area contributed by atoms with Crippen molar-refractivity contribution in [2.75, 3.05) is 0 Å². The fourth-order valence-electron chi connectivity index (χ4n) is 1.23. The molecule has 1 aromatic heterocycles. The van der Waals surface area contributed by atoms with Crippen LogP contribution in [0.1, 0.15) is 5.69 Å². The highest BCUT2D eigenvalue weighted by atomic mass is 15.3. The summed E-state index contributed by atoms with van der Waals surface area (Å²) in [4.78, 5) is 0. The molecule has 4 nitrogen and oxygen atoms in total. The van der Waals surface area contributed by atoms with Gasteiger partial charge in [-0.1, -0.05) is 35.5 Å². The monoisotopic (exact) mass is 174 g/mol. The van der Waals surface area contributed by atoms with Crippen LogP contribution in [0.3, 0.4) is 0 Å². The summed E-state index contributed by atoms with van der Waals surface area (Å²) in [6.45, 7) is 0.403. The molecule has 2 aromatic rings. The molecule has 0 radical (unpaired) electrons. The fourth-order valence-corrected chi connectivity index (χ4v) is 1.23. The Bertz CT molecular complexity index is 380. The zero-order chi connectivity index (χ0) is 9.10. The number of H-pyrrole nitrogens is 1. The molecule has 2 rings (SSSR count). The SMILES string of the molecule is NCc1nn[nH]c1-c1ccccc1. The second-order valence-electron chi connectivity index (χ2n) is 2.70. The predicted molar refractivity (Wildman–Crippen MR) is 49.7 cm³/mol. The average molecular weight is 174 g/mol. The number of benzene rings is 1. The first-order valence-electron chi connectivity index (χ1n) is 4.07. The van der Waals surface area contributed by atoms with Gasteiger partial charge in [0.1, 0.15) is 5.69 Å². The number of nitrogens with one attached hydrogen (secondary N) is 1. The zero-order valence-electron chi connectivity index (χ0n) is 7.07. The molecule has 1 aromatic carbocycles. The van der Waals surface area contributed by atoms with Gasteiger partial charge in [0.05, 0.1) is 5.69 Å². The van der Waals surface area contributed by atoms with Gasteiger partial charge in [0.2, 0.25) is 0 Å². The summed E-state index contributed by atoms with van der Waals surface area (Å²) in [5, 5.41) is 10.4. The molecule has 0 saturated carbocycles. The van der Waals surface area contributed by atoms with E-state index in [0.29, 0.717) is 6.54 Å². The molecule has 0 saturated heterocycles. The highest BCUT2D eigenvalue weighted by molar-refractivity contribution is 5.60. The van der Waals surface area contributed by atoms with Gasteiger partial charge in [-0.2, -0.15) is 0 Å². The molecule has 13 heavy (non-hydrogen) atoms. The van der Waals surface area contributed by atoms with E-state index in [1.54, 1.807) is 0 Å². The van der Waals surface area contributed by atoms with Crippen molar-refractivity contribution in [3.63, 3.8) is 0 Å². The van der Waals surface area contributed by atoms with Crippen LogP contribution in [-0.2, 0) is 6.54 Å². The summed E-state index contributed by atoms with van der Waals surface area (Å²) in [5.74, 6) is 0. The van der Waals surface area contributed by atoms with Crippen LogP contribution < -0.4 is 5.73 Å². The molecular formula is C9H10N4. The topological polar surface area (TPSA) is 67.6 Å². The largest absolute Gasteiger partial charge is 0.325 e. The molecule has 0 atom stereocenters. The lowest BCUT2D eigenvalue weighted by atomic mass is 10.1. The highest BCUT2D eigenvalue weighted by Gasteiger charge is 2.06. The average Bonchev–Trinajstić information content (AvgIpc) is 2.67. The first-order chi connectivity index (χ1) is 6.42. The summed E-state index contributed by atoms with van der Waals surface area (Å²) in [5.41, 5.74) is 8.28. The Hall–Kier alpha value is -1.68. The molecule has 0 aliphatic carbocycles. The van der Waals surface area contributed by atoms with Crippen molar-refractivity contribution in [2.24, 2.45) is 5.73 Å². The highest BCUT2D eigenvalue weighted by Crippen LogP contribution is 2.17. The lowest BCUT2D eigenvalue weighted by Gasteiger charge is -1.97. The smallest absolute Gasteiger partial charge is 0.104 e. The Morgan fingerprint density at radius 2 is 2.00 bits per heavy atom. The summed E-state index contributed by atoms with van der Waals surface area (Å²) in [6.07, 6.45) is 0. The van der Waals surface area contributed by atoms with Crippen LogP contribution in [0.25, 0.3) is 11.3 Å². The molecule has 3 N–H and O–H groups in total. The van der Waals surface area contributed by atoms with E-state index in [4.69, 9.17) is 5.73 Å². The summed E-state index contributed by atoms with van der Waals surface area (Å²) in [7, 11) is 0. The molecule has 0 amide bonds. The molecule has 0 bridgehead atoms. The predicted octanol–water partition coefficient (Wildman–Crippen LogP) is 0.930. The number of hydrogen-bond donors (Lipinski definition) is 2. The van der Waals surface area contributed by atoms with E-state index in [2.05, 4.69) is 15.4 Å². The van der Waals surface area contributed by atoms with E-state index in [0.717, 1.165) is 17.0 Å². The second-order valence-corrected chi connectivity index (χ2v) is 2.70. The van der Waals surface area contributed by atoms with Crippen molar-refractivity contribution in [3.8, 4) is 11.3 Å². The number of hydrogen-bond acceptors (Lipinski definition) is 3. The second kappa shape index (κ2) is 3.37.